The molecule has 11 heavy (non-hydrogen) atoms. The predicted molar refractivity (Wildman–Crippen MR) is 39.6 cm³/mol. The molecule has 0 aromatic heterocycles. The molecule has 4 nitrogen and oxygen atoms in total. The van der Waals surface area contributed by atoms with Crippen molar-refractivity contribution < 1.29 is 17.7 Å². The van der Waals surface area contributed by atoms with E-state index in [1.165, 1.54) is 0 Å². The highest BCUT2D eigenvalue weighted by Gasteiger charge is 2.40. The van der Waals surface area contributed by atoms with Gasteiger partial charge in [0.15, 0.2) is 0 Å². The lowest BCUT2D eigenvalue weighted by Crippen LogP contribution is -2.13. The van der Waals surface area contributed by atoms with E-state index in [-0.39, 0.29) is 5.75 Å². The van der Waals surface area contributed by atoms with Gasteiger partial charge in [0.25, 0.3) is 10.1 Å². The summed E-state index contributed by atoms with van der Waals surface area (Å²) in [6.45, 7) is 1.77. The van der Waals surface area contributed by atoms with Gasteiger partial charge in [-0.25, -0.2) is 0 Å². The lowest BCUT2D eigenvalue weighted by atomic mass is 10.6. The van der Waals surface area contributed by atoms with E-state index in [2.05, 4.69) is 4.18 Å². The van der Waals surface area contributed by atoms with Crippen LogP contribution in [0.2, 0.25) is 0 Å². The molecule has 1 aliphatic rings. The van der Waals surface area contributed by atoms with Crippen molar-refractivity contribution in [1.82, 2.24) is 0 Å². The summed E-state index contributed by atoms with van der Waals surface area (Å²) in [5.41, 5.74) is 0. The zero-order valence-electron chi connectivity index (χ0n) is 6.36. The van der Waals surface area contributed by atoms with Crippen molar-refractivity contribution in [2.45, 2.75) is 32.0 Å². The first-order chi connectivity index (χ1) is 5.05. The molecule has 2 atom stereocenters. The average molecular weight is 180 g/mol. The topological polar surface area (TPSA) is 63.6 Å². The summed E-state index contributed by atoms with van der Waals surface area (Å²) < 4.78 is 26.4. The summed E-state index contributed by atoms with van der Waals surface area (Å²) in [6.07, 6.45) is -0.0400. The first kappa shape index (κ1) is 8.96. The molecule has 5 heteroatoms. The third kappa shape index (κ3) is 2.76. The van der Waals surface area contributed by atoms with Crippen LogP contribution in [0, 0.1) is 0 Å². The Morgan fingerprint density at radius 3 is 2.55 bits per heavy atom. The maximum absolute atomic E-state index is 10.9. The first-order valence-electron chi connectivity index (χ1n) is 3.64. The molecule has 0 aromatic rings. The Kier molecular flexibility index (Phi) is 2.51. The van der Waals surface area contributed by atoms with E-state index in [4.69, 9.17) is 5.11 Å². The van der Waals surface area contributed by atoms with Crippen LogP contribution >= 0.6 is 0 Å². The summed E-state index contributed by atoms with van der Waals surface area (Å²) in [4.78, 5) is 0. The fourth-order valence-electron chi connectivity index (χ4n) is 0.749. The molecule has 0 aliphatic heterocycles. The molecule has 66 valence electrons. The molecule has 0 heterocycles. The van der Waals surface area contributed by atoms with Crippen LogP contribution in [-0.4, -0.2) is 31.5 Å². The number of rotatable bonds is 4. The third-order valence-corrected chi connectivity index (χ3v) is 2.87. The van der Waals surface area contributed by atoms with Gasteiger partial charge in [-0.3, -0.25) is 4.18 Å². The van der Waals surface area contributed by atoms with Crippen molar-refractivity contribution in [3.8, 4) is 0 Å². The third-order valence-electron chi connectivity index (χ3n) is 1.42. The van der Waals surface area contributed by atoms with E-state index in [9.17, 15) is 8.42 Å². The largest absolute Gasteiger partial charge is 0.390 e. The fraction of sp³-hybridized carbons (Fsp3) is 1.00. The zero-order valence-corrected chi connectivity index (χ0v) is 7.17. The Hall–Kier alpha value is -0.130. The SMILES string of the molecule is CCCS(=O)(=O)OC1CC1O. The standard InChI is InChI=1S/C6H12O4S/c1-2-3-11(8,9)10-6-4-5(6)7/h5-7H,2-4H2,1H3. The molecule has 0 bridgehead atoms. The van der Waals surface area contributed by atoms with E-state index in [0.29, 0.717) is 12.8 Å². The minimum Gasteiger partial charge on any atom is -0.390 e. The molecule has 0 aromatic carbocycles. The highest BCUT2D eigenvalue weighted by atomic mass is 32.2. The molecular formula is C6H12O4S. The smallest absolute Gasteiger partial charge is 0.267 e. The van der Waals surface area contributed by atoms with Crippen LogP contribution in [0.3, 0.4) is 0 Å². The molecule has 1 aliphatic carbocycles. The molecule has 1 N–H and O–H groups in total. The summed E-state index contributed by atoms with van der Waals surface area (Å²) in [5, 5.41) is 8.77. The number of aliphatic hydroxyl groups is 1. The number of hydrogen-bond donors (Lipinski definition) is 1. The van der Waals surface area contributed by atoms with Crippen LogP contribution in [0.1, 0.15) is 19.8 Å². The second kappa shape index (κ2) is 3.08. The van der Waals surface area contributed by atoms with Crippen molar-refractivity contribution in [3.05, 3.63) is 0 Å². The molecule has 0 radical (unpaired) electrons. The van der Waals surface area contributed by atoms with Gasteiger partial charge < -0.3 is 5.11 Å². The molecule has 0 saturated heterocycles. The minimum absolute atomic E-state index is 0.0379. The van der Waals surface area contributed by atoms with Gasteiger partial charge in [0.1, 0.15) is 6.10 Å². The van der Waals surface area contributed by atoms with Crippen LogP contribution in [0.15, 0.2) is 0 Å². The van der Waals surface area contributed by atoms with E-state index < -0.39 is 22.3 Å². The molecular weight excluding hydrogens is 168 g/mol. The summed E-state index contributed by atoms with van der Waals surface area (Å²) in [6, 6.07) is 0. The van der Waals surface area contributed by atoms with Crippen molar-refractivity contribution in [2.75, 3.05) is 5.75 Å². The quantitative estimate of drug-likeness (QED) is 0.612. The molecule has 2 unspecified atom stereocenters. The van der Waals surface area contributed by atoms with E-state index in [1.807, 2.05) is 0 Å². The summed E-state index contributed by atoms with van der Waals surface area (Å²) in [7, 11) is -3.36. The lowest BCUT2D eigenvalue weighted by molar-refractivity contribution is 0.198. The molecule has 1 fully saturated rings. The highest BCUT2D eigenvalue weighted by molar-refractivity contribution is 7.86. The van der Waals surface area contributed by atoms with Gasteiger partial charge in [-0.1, -0.05) is 6.92 Å². The fourth-order valence-corrected chi connectivity index (χ4v) is 1.93. The van der Waals surface area contributed by atoms with Gasteiger partial charge in [0.05, 0.1) is 11.9 Å². The van der Waals surface area contributed by atoms with Crippen molar-refractivity contribution >= 4 is 10.1 Å². The van der Waals surface area contributed by atoms with Crippen LogP contribution in [-0.2, 0) is 14.3 Å². The van der Waals surface area contributed by atoms with Gasteiger partial charge in [-0.05, 0) is 6.42 Å². The van der Waals surface area contributed by atoms with Crippen molar-refractivity contribution in [3.63, 3.8) is 0 Å². The Morgan fingerprint density at radius 1 is 1.64 bits per heavy atom. The minimum atomic E-state index is -3.36. The van der Waals surface area contributed by atoms with Crippen LogP contribution < -0.4 is 0 Å². The summed E-state index contributed by atoms with van der Waals surface area (Å²) >= 11 is 0. The van der Waals surface area contributed by atoms with Crippen molar-refractivity contribution in [2.24, 2.45) is 0 Å². The predicted octanol–water partition coefficient (Wildman–Crippen LogP) is -0.124. The maximum Gasteiger partial charge on any atom is 0.267 e. The van der Waals surface area contributed by atoms with Crippen LogP contribution in [0.25, 0.3) is 0 Å². The second-order valence-electron chi connectivity index (χ2n) is 2.70. The van der Waals surface area contributed by atoms with E-state index in [0.717, 1.165) is 0 Å². The Balaban J connectivity index is 2.35. The van der Waals surface area contributed by atoms with Gasteiger partial charge in [-0.15, -0.1) is 0 Å². The Labute approximate surface area is 66.3 Å². The molecule has 1 rings (SSSR count). The molecule has 0 amide bonds. The van der Waals surface area contributed by atoms with Crippen LogP contribution in [0.4, 0.5) is 0 Å². The van der Waals surface area contributed by atoms with Gasteiger partial charge in [0, 0.05) is 6.42 Å². The number of hydrogen-bond acceptors (Lipinski definition) is 4. The van der Waals surface area contributed by atoms with Gasteiger partial charge in [0.2, 0.25) is 0 Å². The normalized spacial score (nSPS) is 30.4. The molecule has 1 saturated carbocycles. The number of aliphatic hydroxyl groups excluding tert-OH is 1. The second-order valence-corrected chi connectivity index (χ2v) is 4.42. The van der Waals surface area contributed by atoms with E-state index >= 15 is 0 Å². The average Bonchev–Trinajstić information content (AvgIpc) is 2.44. The van der Waals surface area contributed by atoms with Crippen molar-refractivity contribution in [1.29, 1.82) is 0 Å². The van der Waals surface area contributed by atoms with Gasteiger partial charge >= 0.3 is 0 Å². The maximum atomic E-state index is 10.9. The first-order valence-corrected chi connectivity index (χ1v) is 5.22. The zero-order chi connectivity index (χ0) is 8.48. The Morgan fingerprint density at radius 2 is 2.18 bits per heavy atom. The highest BCUT2D eigenvalue weighted by Crippen LogP contribution is 2.26. The van der Waals surface area contributed by atoms with Gasteiger partial charge in [-0.2, -0.15) is 8.42 Å². The monoisotopic (exact) mass is 180 g/mol. The Bertz CT molecular complexity index is 221. The van der Waals surface area contributed by atoms with E-state index in [1.54, 1.807) is 6.92 Å². The lowest BCUT2D eigenvalue weighted by Gasteiger charge is -2.00. The molecule has 0 spiro atoms. The summed E-state index contributed by atoms with van der Waals surface area (Å²) in [5.74, 6) is 0.0379. The van der Waals surface area contributed by atoms with Crippen LogP contribution in [0.5, 0.6) is 0 Å².